The summed E-state index contributed by atoms with van der Waals surface area (Å²) in [6.45, 7) is 18.5. The Hall–Kier alpha value is -3.36. The highest BCUT2D eigenvalue weighted by molar-refractivity contribution is 6.27. The maximum Gasteiger partial charge on any atom is 0.410 e. The van der Waals surface area contributed by atoms with Crippen molar-refractivity contribution in [2.24, 2.45) is 0 Å². The number of rotatable bonds is 7. The van der Waals surface area contributed by atoms with Crippen LogP contribution in [-0.2, 0) is 27.4 Å². The molecule has 0 saturated carbocycles. The number of piperazine rings is 4. The van der Waals surface area contributed by atoms with Crippen molar-refractivity contribution in [2.75, 3.05) is 64.8 Å². The smallest absolute Gasteiger partial charge is 0.410 e. The molecule has 1 N–H and O–H groups in total. The standard InChI is InChI=1S/C21H29ClFN3O3.C18H26FN3O2/c1-21(2,3)29-20(28)25-12-17-10-24(9-15-4-6-16(23)7-5-15)11-18(13-25)26(17)14-19(27)8-22;1-18(2,3)24-17(23)22-11-15-9-21(10-16(12-22)20-15)8-13-4-6-14(19)7-5-13/h4-7,17-18H,8-14H2,1-3H3;4-7,15-16,20H,8-12H2,1-3H3. The van der Waals surface area contributed by atoms with Crippen LogP contribution in [0.25, 0.3) is 0 Å². The molecule has 292 valence electrons. The van der Waals surface area contributed by atoms with Crippen molar-refractivity contribution in [3.8, 4) is 0 Å². The molecule has 4 bridgehead atoms. The van der Waals surface area contributed by atoms with Crippen LogP contribution in [0.5, 0.6) is 0 Å². The van der Waals surface area contributed by atoms with Gasteiger partial charge in [-0.15, -0.1) is 11.6 Å². The van der Waals surface area contributed by atoms with E-state index in [-0.39, 0.29) is 59.7 Å². The summed E-state index contributed by atoms with van der Waals surface area (Å²) in [5, 5.41) is 3.57. The number of fused-ring (bicyclic) bond motifs is 4. The number of halogens is 3. The fourth-order valence-electron chi connectivity index (χ4n) is 7.46. The Labute approximate surface area is 317 Å². The first-order chi connectivity index (χ1) is 24.9. The van der Waals surface area contributed by atoms with Crippen molar-refractivity contribution in [3.63, 3.8) is 0 Å². The van der Waals surface area contributed by atoms with Gasteiger partial charge < -0.3 is 24.6 Å². The van der Waals surface area contributed by atoms with E-state index in [0.29, 0.717) is 52.4 Å². The Morgan fingerprint density at radius 2 is 1.06 bits per heavy atom. The monoisotopic (exact) mass is 760 g/mol. The minimum absolute atomic E-state index is 0.00891. The van der Waals surface area contributed by atoms with Crippen molar-refractivity contribution < 1.29 is 32.6 Å². The van der Waals surface area contributed by atoms with Gasteiger partial charge in [-0.25, -0.2) is 18.4 Å². The topological polar surface area (TPSA) is 97.9 Å². The van der Waals surface area contributed by atoms with Crippen LogP contribution in [0, 0.1) is 11.6 Å². The molecular formula is C39H55ClF2N6O5. The molecule has 0 spiro atoms. The molecule has 4 saturated heterocycles. The Kier molecular flexibility index (Phi) is 13.4. The highest BCUT2D eigenvalue weighted by atomic mass is 35.5. The molecule has 2 amide bonds. The SMILES string of the molecule is CC(C)(C)OC(=O)N1CC2CN(Cc3ccc(F)cc3)CC(C1)N2.CC(C)(C)OC(=O)N1CC2CN(Cc3ccc(F)cc3)CC(C1)N2CC(=O)CCl. The summed E-state index contributed by atoms with van der Waals surface area (Å²) in [6.07, 6.45) is -0.547. The number of Topliss-reactive ketones (excluding diaryl/α,β-unsaturated/α-hetero) is 1. The van der Waals surface area contributed by atoms with Gasteiger partial charge in [0.05, 0.1) is 12.4 Å². The number of amides is 2. The number of nitrogens with zero attached hydrogens (tertiary/aromatic N) is 5. The Balaban J connectivity index is 0.000000208. The van der Waals surface area contributed by atoms with E-state index >= 15 is 0 Å². The van der Waals surface area contributed by atoms with E-state index in [1.165, 1.54) is 24.3 Å². The zero-order valence-corrected chi connectivity index (χ0v) is 32.6. The summed E-state index contributed by atoms with van der Waals surface area (Å²) < 4.78 is 37.2. The number of ketones is 1. The second-order valence-corrected chi connectivity index (χ2v) is 16.9. The lowest BCUT2D eigenvalue weighted by molar-refractivity contribution is -0.122. The fourth-order valence-corrected chi connectivity index (χ4v) is 7.55. The minimum atomic E-state index is -0.549. The Bertz CT molecular complexity index is 1520. The molecule has 4 unspecified atom stereocenters. The summed E-state index contributed by atoms with van der Waals surface area (Å²) in [5.41, 5.74) is 1.14. The van der Waals surface area contributed by atoms with Gasteiger partial charge >= 0.3 is 12.2 Å². The molecule has 4 heterocycles. The van der Waals surface area contributed by atoms with Gasteiger partial charge in [-0.1, -0.05) is 24.3 Å². The molecule has 4 aliphatic heterocycles. The third-order valence-corrected chi connectivity index (χ3v) is 9.80. The van der Waals surface area contributed by atoms with E-state index in [9.17, 15) is 23.2 Å². The van der Waals surface area contributed by atoms with Crippen LogP contribution in [-0.4, -0.2) is 143 Å². The van der Waals surface area contributed by atoms with Crippen LogP contribution < -0.4 is 5.32 Å². The van der Waals surface area contributed by atoms with Crippen LogP contribution in [0.4, 0.5) is 18.4 Å². The Morgan fingerprint density at radius 3 is 1.45 bits per heavy atom. The van der Waals surface area contributed by atoms with E-state index in [0.717, 1.165) is 30.8 Å². The lowest BCUT2D eigenvalue weighted by Gasteiger charge is -2.52. The second-order valence-electron chi connectivity index (χ2n) is 16.6. The van der Waals surface area contributed by atoms with E-state index in [2.05, 4.69) is 20.0 Å². The van der Waals surface area contributed by atoms with Crippen LogP contribution >= 0.6 is 11.6 Å². The van der Waals surface area contributed by atoms with Crippen molar-refractivity contribution in [2.45, 2.75) is 90.0 Å². The number of alkyl halides is 1. The molecule has 0 aromatic heterocycles. The normalized spacial score (nSPS) is 23.9. The first-order valence-corrected chi connectivity index (χ1v) is 19.0. The maximum atomic E-state index is 13.2. The minimum Gasteiger partial charge on any atom is -0.444 e. The summed E-state index contributed by atoms with van der Waals surface area (Å²) in [6, 6.07) is 13.7. The molecule has 0 aliphatic carbocycles. The second kappa shape index (κ2) is 17.4. The van der Waals surface area contributed by atoms with Gasteiger partial charge in [0.1, 0.15) is 22.8 Å². The predicted octanol–water partition coefficient (Wildman–Crippen LogP) is 4.96. The fraction of sp³-hybridized carbons (Fsp3) is 0.615. The van der Waals surface area contributed by atoms with Crippen LogP contribution in [0.3, 0.4) is 0 Å². The molecule has 11 nitrogen and oxygen atoms in total. The van der Waals surface area contributed by atoms with Crippen molar-refractivity contribution >= 4 is 29.6 Å². The first kappa shape index (κ1) is 40.8. The first-order valence-electron chi connectivity index (χ1n) is 18.4. The number of carbonyl (C=O) groups excluding carboxylic acids is 3. The highest BCUT2D eigenvalue weighted by Crippen LogP contribution is 2.26. The number of nitrogens with one attached hydrogen (secondary N) is 1. The van der Waals surface area contributed by atoms with E-state index in [1.807, 2.05) is 58.6 Å². The van der Waals surface area contributed by atoms with Gasteiger partial charge in [0.15, 0.2) is 5.78 Å². The molecule has 4 fully saturated rings. The largest absolute Gasteiger partial charge is 0.444 e. The summed E-state index contributed by atoms with van der Waals surface area (Å²) >= 11 is 5.73. The van der Waals surface area contributed by atoms with Gasteiger partial charge in [0, 0.05) is 89.6 Å². The van der Waals surface area contributed by atoms with Gasteiger partial charge in [-0.2, -0.15) is 0 Å². The lowest BCUT2D eigenvalue weighted by atomic mass is 9.99. The number of ether oxygens (including phenoxy) is 2. The molecule has 4 aliphatic rings. The number of hydrogen-bond acceptors (Lipinski definition) is 9. The van der Waals surface area contributed by atoms with Crippen molar-refractivity contribution in [3.05, 3.63) is 71.3 Å². The van der Waals surface area contributed by atoms with Crippen molar-refractivity contribution in [1.82, 2.24) is 29.8 Å². The Morgan fingerprint density at radius 1 is 0.660 bits per heavy atom. The average molecular weight is 761 g/mol. The number of benzene rings is 2. The van der Waals surface area contributed by atoms with Crippen LogP contribution in [0.15, 0.2) is 48.5 Å². The molecule has 53 heavy (non-hydrogen) atoms. The summed E-state index contributed by atoms with van der Waals surface area (Å²) in [7, 11) is 0. The summed E-state index contributed by atoms with van der Waals surface area (Å²) in [5.74, 6) is -0.475. The van der Waals surface area contributed by atoms with Gasteiger partial charge in [-0.3, -0.25) is 19.5 Å². The maximum absolute atomic E-state index is 13.2. The average Bonchev–Trinajstić information content (AvgIpc) is 3.05. The van der Waals surface area contributed by atoms with Crippen LogP contribution in [0.2, 0.25) is 0 Å². The van der Waals surface area contributed by atoms with E-state index in [4.69, 9.17) is 21.1 Å². The van der Waals surface area contributed by atoms with E-state index in [1.54, 1.807) is 17.0 Å². The molecule has 4 atom stereocenters. The number of carbonyl (C=O) groups is 3. The molecule has 2 aromatic rings. The molecule has 0 radical (unpaired) electrons. The zero-order valence-electron chi connectivity index (χ0n) is 31.8. The van der Waals surface area contributed by atoms with Crippen molar-refractivity contribution in [1.29, 1.82) is 0 Å². The molecule has 6 rings (SSSR count). The molecule has 2 aromatic carbocycles. The highest BCUT2D eigenvalue weighted by Gasteiger charge is 2.43. The molecule has 14 heteroatoms. The van der Waals surface area contributed by atoms with E-state index < -0.39 is 11.2 Å². The van der Waals surface area contributed by atoms with Gasteiger partial charge in [-0.05, 0) is 76.9 Å². The quantitative estimate of drug-likeness (QED) is 0.393. The van der Waals surface area contributed by atoms with Gasteiger partial charge in [0.25, 0.3) is 0 Å². The lowest BCUT2D eigenvalue weighted by Crippen LogP contribution is -2.69. The summed E-state index contributed by atoms with van der Waals surface area (Å²) in [4.78, 5) is 47.3. The number of hydrogen-bond donors (Lipinski definition) is 1. The van der Waals surface area contributed by atoms with Crippen LogP contribution in [0.1, 0.15) is 52.7 Å². The van der Waals surface area contributed by atoms with Gasteiger partial charge in [0.2, 0.25) is 0 Å². The zero-order chi connectivity index (χ0) is 38.5. The third-order valence-electron chi connectivity index (χ3n) is 9.50. The molecular weight excluding hydrogens is 706 g/mol. The third kappa shape index (κ3) is 12.3. The predicted molar refractivity (Wildman–Crippen MR) is 200 cm³/mol.